The van der Waals surface area contributed by atoms with Crippen LogP contribution in [-0.4, -0.2) is 41.0 Å². The van der Waals surface area contributed by atoms with Crippen molar-refractivity contribution in [1.82, 2.24) is 14.9 Å². The van der Waals surface area contributed by atoms with Gasteiger partial charge < -0.3 is 10.2 Å². The number of nitrogens with one attached hydrogen (secondary N) is 1. The molecule has 1 aliphatic carbocycles. The van der Waals surface area contributed by atoms with E-state index >= 15 is 0 Å². The van der Waals surface area contributed by atoms with Crippen molar-refractivity contribution >= 4 is 17.4 Å². The summed E-state index contributed by atoms with van der Waals surface area (Å²) < 4.78 is 0. The quantitative estimate of drug-likeness (QED) is 0.851. The summed E-state index contributed by atoms with van der Waals surface area (Å²) in [6, 6.07) is 2.44. The highest BCUT2D eigenvalue weighted by molar-refractivity contribution is 6.29. The van der Waals surface area contributed by atoms with E-state index in [0.29, 0.717) is 17.1 Å². The van der Waals surface area contributed by atoms with Gasteiger partial charge in [0.2, 0.25) is 0 Å². The summed E-state index contributed by atoms with van der Waals surface area (Å²) in [5.74, 6) is 2.32. The molecule has 2 heterocycles. The maximum absolute atomic E-state index is 6.04. The Balaban J connectivity index is 1.64. The molecule has 0 spiro atoms. The van der Waals surface area contributed by atoms with Crippen molar-refractivity contribution in [3.63, 3.8) is 0 Å². The second kappa shape index (κ2) is 5.02. The van der Waals surface area contributed by atoms with Gasteiger partial charge >= 0.3 is 0 Å². The van der Waals surface area contributed by atoms with Crippen LogP contribution in [0.5, 0.6) is 0 Å². The number of nitrogens with zero attached hydrogens (tertiary/aromatic N) is 3. The molecule has 0 radical (unpaired) electrons. The van der Waals surface area contributed by atoms with Gasteiger partial charge in [0.25, 0.3) is 0 Å². The first-order chi connectivity index (χ1) is 8.72. The average Bonchev–Trinajstić information content (AvgIpc) is 3.11. The monoisotopic (exact) mass is 266 g/mol. The molecule has 0 bridgehead atoms. The maximum atomic E-state index is 6.04. The molecule has 18 heavy (non-hydrogen) atoms. The lowest BCUT2D eigenvalue weighted by Gasteiger charge is -2.20. The number of hydrogen-bond acceptors (Lipinski definition) is 4. The molecule has 1 aromatic rings. The zero-order valence-corrected chi connectivity index (χ0v) is 11.5. The Morgan fingerprint density at radius 1 is 1.39 bits per heavy atom. The maximum Gasteiger partial charge on any atom is 0.135 e. The molecule has 1 unspecified atom stereocenters. The first kappa shape index (κ1) is 12.2. The van der Waals surface area contributed by atoms with E-state index in [1.807, 2.05) is 6.07 Å². The molecule has 1 aliphatic heterocycles. The number of anilines is 1. The third kappa shape index (κ3) is 2.75. The van der Waals surface area contributed by atoms with Crippen LogP contribution in [0.4, 0.5) is 5.82 Å². The SMILES string of the molecule is CN1CCCC1CNc1cc(Cl)nc(C2CC2)n1. The topological polar surface area (TPSA) is 41.0 Å². The van der Waals surface area contributed by atoms with Crippen molar-refractivity contribution < 1.29 is 0 Å². The van der Waals surface area contributed by atoms with E-state index < -0.39 is 0 Å². The van der Waals surface area contributed by atoms with Gasteiger partial charge in [0.15, 0.2) is 0 Å². The Hall–Kier alpha value is -0.870. The molecule has 1 N–H and O–H groups in total. The number of aromatic nitrogens is 2. The van der Waals surface area contributed by atoms with Crippen LogP contribution in [0.2, 0.25) is 5.15 Å². The highest BCUT2D eigenvalue weighted by Gasteiger charge is 2.27. The molecular formula is C13H19ClN4. The van der Waals surface area contributed by atoms with Crippen LogP contribution in [-0.2, 0) is 0 Å². The van der Waals surface area contributed by atoms with Crippen LogP contribution < -0.4 is 5.32 Å². The summed E-state index contributed by atoms with van der Waals surface area (Å²) in [6.07, 6.45) is 4.95. The fourth-order valence-corrected chi connectivity index (χ4v) is 2.70. The van der Waals surface area contributed by atoms with Crippen LogP contribution in [0.1, 0.15) is 37.4 Å². The predicted octanol–water partition coefficient (Wildman–Crippen LogP) is 2.51. The molecule has 0 aromatic carbocycles. The highest BCUT2D eigenvalue weighted by Crippen LogP contribution is 2.38. The average molecular weight is 267 g/mol. The van der Waals surface area contributed by atoms with Crippen molar-refractivity contribution in [2.45, 2.75) is 37.6 Å². The van der Waals surface area contributed by atoms with Gasteiger partial charge in [-0.25, -0.2) is 9.97 Å². The van der Waals surface area contributed by atoms with E-state index in [2.05, 4.69) is 27.2 Å². The zero-order chi connectivity index (χ0) is 12.5. The first-order valence-corrected chi connectivity index (χ1v) is 7.09. The molecule has 98 valence electrons. The van der Waals surface area contributed by atoms with E-state index in [9.17, 15) is 0 Å². The molecule has 1 atom stereocenters. The second-order valence-electron chi connectivity index (χ2n) is 5.37. The van der Waals surface area contributed by atoms with Gasteiger partial charge in [-0.2, -0.15) is 0 Å². The zero-order valence-electron chi connectivity index (χ0n) is 10.7. The molecule has 4 nitrogen and oxygen atoms in total. The predicted molar refractivity (Wildman–Crippen MR) is 73.2 cm³/mol. The van der Waals surface area contributed by atoms with Crippen LogP contribution in [0.3, 0.4) is 0 Å². The second-order valence-corrected chi connectivity index (χ2v) is 5.75. The van der Waals surface area contributed by atoms with Crippen LogP contribution >= 0.6 is 11.6 Å². The molecular weight excluding hydrogens is 248 g/mol. The molecule has 2 fully saturated rings. The lowest BCUT2D eigenvalue weighted by atomic mass is 10.2. The van der Waals surface area contributed by atoms with Gasteiger partial charge in [-0.1, -0.05) is 11.6 Å². The Labute approximate surface area is 113 Å². The number of likely N-dealkylation sites (tertiary alicyclic amines) is 1. The van der Waals surface area contributed by atoms with E-state index in [0.717, 1.165) is 18.2 Å². The van der Waals surface area contributed by atoms with E-state index in [1.54, 1.807) is 0 Å². The van der Waals surface area contributed by atoms with Crippen molar-refractivity contribution in [2.75, 3.05) is 25.5 Å². The Morgan fingerprint density at radius 3 is 2.89 bits per heavy atom. The van der Waals surface area contributed by atoms with Gasteiger partial charge in [0.05, 0.1) is 0 Å². The van der Waals surface area contributed by atoms with Crippen molar-refractivity contribution in [3.05, 3.63) is 17.0 Å². The standard InChI is InChI=1S/C13H19ClN4/c1-18-6-2-3-10(18)8-15-12-7-11(14)16-13(17-12)9-4-5-9/h7,9-10H,2-6,8H2,1H3,(H,15,16,17). The molecule has 1 saturated carbocycles. The third-order valence-electron chi connectivity index (χ3n) is 3.85. The van der Waals surface area contributed by atoms with Gasteiger partial charge in [-0.15, -0.1) is 0 Å². The van der Waals surface area contributed by atoms with Crippen LogP contribution in [0.25, 0.3) is 0 Å². The fourth-order valence-electron chi connectivity index (χ4n) is 2.51. The van der Waals surface area contributed by atoms with Crippen LogP contribution in [0.15, 0.2) is 6.07 Å². The summed E-state index contributed by atoms with van der Waals surface area (Å²) in [7, 11) is 2.18. The Kier molecular flexibility index (Phi) is 3.39. The minimum atomic E-state index is 0.540. The van der Waals surface area contributed by atoms with E-state index in [1.165, 1.54) is 32.2 Å². The van der Waals surface area contributed by atoms with Crippen molar-refractivity contribution in [3.8, 4) is 0 Å². The molecule has 5 heteroatoms. The van der Waals surface area contributed by atoms with Gasteiger partial charge in [0.1, 0.15) is 16.8 Å². The lowest BCUT2D eigenvalue weighted by Crippen LogP contribution is -2.31. The lowest BCUT2D eigenvalue weighted by molar-refractivity contribution is 0.322. The first-order valence-electron chi connectivity index (χ1n) is 6.71. The fraction of sp³-hybridized carbons (Fsp3) is 0.692. The van der Waals surface area contributed by atoms with Crippen molar-refractivity contribution in [2.24, 2.45) is 0 Å². The normalized spacial score (nSPS) is 24.4. The van der Waals surface area contributed by atoms with Gasteiger partial charge in [0, 0.05) is 24.6 Å². The summed E-state index contributed by atoms with van der Waals surface area (Å²) in [5, 5.41) is 3.95. The van der Waals surface area contributed by atoms with Crippen molar-refractivity contribution in [1.29, 1.82) is 0 Å². The number of hydrogen-bond donors (Lipinski definition) is 1. The Bertz CT molecular complexity index is 433. The molecule has 0 amide bonds. The molecule has 2 aliphatic rings. The minimum absolute atomic E-state index is 0.540. The summed E-state index contributed by atoms with van der Waals surface area (Å²) >= 11 is 6.04. The third-order valence-corrected chi connectivity index (χ3v) is 4.04. The Morgan fingerprint density at radius 2 is 2.22 bits per heavy atom. The highest BCUT2D eigenvalue weighted by atomic mass is 35.5. The van der Waals surface area contributed by atoms with Gasteiger partial charge in [-0.3, -0.25) is 0 Å². The summed E-state index contributed by atoms with van der Waals surface area (Å²) in [6.45, 7) is 2.14. The molecule has 1 aromatic heterocycles. The smallest absolute Gasteiger partial charge is 0.135 e. The molecule has 3 rings (SSSR count). The number of halogens is 1. The number of likely N-dealkylation sites (N-methyl/N-ethyl adjacent to an activating group) is 1. The minimum Gasteiger partial charge on any atom is -0.368 e. The largest absolute Gasteiger partial charge is 0.368 e. The van der Waals surface area contributed by atoms with Crippen LogP contribution in [0, 0.1) is 0 Å². The van der Waals surface area contributed by atoms with Gasteiger partial charge in [-0.05, 0) is 39.3 Å². The summed E-state index contributed by atoms with van der Waals surface area (Å²) in [4.78, 5) is 11.3. The van der Waals surface area contributed by atoms with E-state index in [4.69, 9.17) is 11.6 Å². The molecule has 1 saturated heterocycles. The summed E-state index contributed by atoms with van der Waals surface area (Å²) in [5.41, 5.74) is 0. The van der Waals surface area contributed by atoms with E-state index in [-0.39, 0.29) is 0 Å². The number of rotatable bonds is 4.